The summed E-state index contributed by atoms with van der Waals surface area (Å²) in [7, 11) is 0. The fourth-order valence-corrected chi connectivity index (χ4v) is 2.33. The number of fused-ring (bicyclic) bond motifs is 1. The topological polar surface area (TPSA) is 157 Å². The van der Waals surface area contributed by atoms with Gasteiger partial charge >= 0.3 is 5.69 Å². The van der Waals surface area contributed by atoms with E-state index in [0.29, 0.717) is 29.0 Å². The molecular formula is C14H16N8O3. The number of nitrogens with zero attached hydrogens (tertiary/aromatic N) is 5. The van der Waals surface area contributed by atoms with Gasteiger partial charge in [-0.25, -0.2) is 9.79 Å². The van der Waals surface area contributed by atoms with Crippen LogP contribution >= 0.6 is 0 Å². The van der Waals surface area contributed by atoms with Gasteiger partial charge in [0.15, 0.2) is 5.65 Å². The van der Waals surface area contributed by atoms with Gasteiger partial charge in [0.2, 0.25) is 11.8 Å². The highest BCUT2D eigenvalue weighted by Crippen LogP contribution is 2.22. The first-order valence-electron chi connectivity index (χ1n) is 7.81. The molecule has 0 unspecified atom stereocenters. The smallest absolute Gasteiger partial charge is 0.326 e. The fraction of sp³-hybridized carbons (Fsp3) is 0.357. The van der Waals surface area contributed by atoms with Crippen molar-refractivity contribution in [2.45, 2.75) is 18.9 Å². The highest BCUT2D eigenvalue weighted by atomic mass is 16.3. The monoisotopic (exact) mass is 344 g/mol. The lowest BCUT2D eigenvalue weighted by molar-refractivity contribution is 0.310. The van der Waals surface area contributed by atoms with Gasteiger partial charge in [-0.1, -0.05) is 0 Å². The maximum atomic E-state index is 11.3. The number of aromatic nitrogens is 6. The Morgan fingerprint density at radius 2 is 2.24 bits per heavy atom. The lowest BCUT2D eigenvalue weighted by Gasteiger charge is -2.03. The van der Waals surface area contributed by atoms with Gasteiger partial charge in [-0.05, 0) is 18.9 Å². The van der Waals surface area contributed by atoms with Gasteiger partial charge in [0.25, 0.3) is 5.62 Å². The van der Waals surface area contributed by atoms with Crippen molar-refractivity contribution in [2.24, 2.45) is 4.99 Å². The number of imidazole rings is 1. The Balaban J connectivity index is 1.91. The Morgan fingerprint density at radius 3 is 2.92 bits per heavy atom. The van der Waals surface area contributed by atoms with Crippen LogP contribution in [0, 0.1) is 0 Å². The number of rotatable bonds is 5. The van der Waals surface area contributed by atoms with E-state index in [2.05, 4.69) is 35.3 Å². The molecule has 1 aliphatic rings. The van der Waals surface area contributed by atoms with Crippen LogP contribution in [0.2, 0.25) is 0 Å². The lowest BCUT2D eigenvalue weighted by Crippen LogP contribution is -2.25. The van der Waals surface area contributed by atoms with Gasteiger partial charge < -0.3 is 20.5 Å². The van der Waals surface area contributed by atoms with E-state index in [1.54, 1.807) is 12.3 Å². The molecule has 0 aromatic carbocycles. The minimum absolute atomic E-state index is 0.0552. The molecule has 3 heterocycles. The molecular weight excluding hydrogens is 328 g/mol. The van der Waals surface area contributed by atoms with Gasteiger partial charge in [-0.3, -0.25) is 4.98 Å². The molecule has 1 fully saturated rings. The van der Waals surface area contributed by atoms with Gasteiger partial charge in [-0.15, -0.1) is 0 Å². The van der Waals surface area contributed by atoms with E-state index in [1.165, 1.54) is 4.52 Å². The molecule has 1 aliphatic carbocycles. The summed E-state index contributed by atoms with van der Waals surface area (Å²) < 4.78 is 1.51. The van der Waals surface area contributed by atoms with E-state index < -0.39 is 5.69 Å². The number of hydrogen-bond acceptors (Lipinski definition) is 8. The maximum absolute atomic E-state index is 11.3. The molecule has 0 saturated heterocycles. The van der Waals surface area contributed by atoms with Gasteiger partial charge in [0.1, 0.15) is 5.69 Å². The highest BCUT2D eigenvalue weighted by molar-refractivity contribution is 5.57. The summed E-state index contributed by atoms with van der Waals surface area (Å²) in [5.74, 6) is 0.0582. The molecule has 1 saturated carbocycles. The number of hydrogen-bond donors (Lipinski definition) is 5. The lowest BCUT2D eigenvalue weighted by atomic mass is 10.3. The number of aromatic amines is 2. The number of anilines is 1. The SMILES string of the molecule is O=c1[nH]c(O)c(/C=c2/cnn3c(=NC4CC4)nc(NCCO)nc23)[nH]1. The van der Waals surface area contributed by atoms with Gasteiger partial charge in [0, 0.05) is 11.8 Å². The van der Waals surface area contributed by atoms with Crippen LogP contribution in [0.3, 0.4) is 0 Å². The van der Waals surface area contributed by atoms with E-state index in [9.17, 15) is 9.90 Å². The van der Waals surface area contributed by atoms with E-state index in [1.807, 2.05) is 0 Å². The second-order valence-electron chi connectivity index (χ2n) is 5.68. The van der Waals surface area contributed by atoms with Crippen molar-refractivity contribution in [2.75, 3.05) is 18.5 Å². The number of aliphatic hydroxyl groups is 1. The molecule has 0 spiro atoms. The summed E-state index contributed by atoms with van der Waals surface area (Å²) >= 11 is 0. The average Bonchev–Trinajstić information content (AvgIpc) is 3.22. The highest BCUT2D eigenvalue weighted by Gasteiger charge is 2.20. The number of nitrogens with one attached hydrogen (secondary N) is 3. The van der Waals surface area contributed by atoms with Crippen LogP contribution in [0.25, 0.3) is 11.7 Å². The zero-order chi connectivity index (χ0) is 17.4. The average molecular weight is 344 g/mol. The summed E-state index contributed by atoms with van der Waals surface area (Å²) in [6.07, 6.45) is 5.14. The molecule has 11 heteroatoms. The van der Waals surface area contributed by atoms with Crippen LogP contribution in [0.4, 0.5) is 5.95 Å². The molecule has 0 amide bonds. The van der Waals surface area contributed by atoms with Crippen LogP contribution in [0.5, 0.6) is 5.88 Å². The van der Waals surface area contributed by atoms with Gasteiger partial charge in [-0.2, -0.15) is 19.6 Å². The summed E-state index contributed by atoms with van der Waals surface area (Å²) in [6.45, 7) is 0.249. The van der Waals surface area contributed by atoms with Crippen LogP contribution in [-0.2, 0) is 0 Å². The molecule has 3 aromatic rings. The van der Waals surface area contributed by atoms with Crippen molar-refractivity contribution < 1.29 is 10.2 Å². The second-order valence-corrected chi connectivity index (χ2v) is 5.68. The third kappa shape index (κ3) is 3.08. The van der Waals surface area contributed by atoms with E-state index in [4.69, 9.17) is 5.11 Å². The Hall–Kier alpha value is -3.21. The van der Waals surface area contributed by atoms with Crippen molar-refractivity contribution >= 4 is 17.7 Å². The van der Waals surface area contributed by atoms with Crippen LogP contribution in [-0.4, -0.2) is 59.0 Å². The van der Waals surface area contributed by atoms with Crippen molar-refractivity contribution in [1.82, 2.24) is 29.5 Å². The molecule has 0 radical (unpaired) electrons. The number of H-pyrrole nitrogens is 2. The summed E-state index contributed by atoms with van der Waals surface area (Å²) in [5.41, 5.74) is 0.601. The molecule has 0 aliphatic heterocycles. The largest absolute Gasteiger partial charge is 0.493 e. The van der Waals surface area contributed by atoms with Crippen molar-refractivity contribution in [3.63, 3.8) is 0 Å². The van der Waals surface area contributed by atoms with E-state index in [-0.39, 0.29) is 24.2 Å². The molecule has 0 atom stereocenters. The Bertz CT molecular complexity index is 1090. The minimum Gasteiger partial charge on any atom is -0.493 e. The number of aromatic hydroxyl groups is 1. The molecule has 11 nitrogen and oxygen atoms in total. The van der Waals surface area contributed by atoms with Crippen molar-refractivity contribution in [3.8, 4) is 5.88 Å². The van der Waals surface area contributed by atoms with Crippen molar-refractivity contribution in [3.05, 3.63) is 33.2 Å². The standard InChI is InChI=1S/C14H16N8O3/c23-4-3-15-12-19-10-7(5-9-11(24)20-14(25)18-9)6-16-22(10)13(21-12)17-8-1-2-8/h5-6,8,23-24H,1-4H2,(H,15,17,21)(H2,18,20,25)/b7-5-. The first-order valence-corrected chi connectivity index (χ1v) is 7.81. The van der Waals surface area contributed by atoms with Crippen LogP contribution < -0.4 is 21.8 Å². The Morgan fingerprint density at radius 1 is 1.40 bits per heavy atom. The summed E-state index contributed by atoms with van der Waals surface area (Å²) in [4.78, 5) is 29.3. The minimum atomic E-state index is -0.510. The summed E-state index contributed by atoms with van der Waals surface area (Å²) in [5, 5.41) is 26.4. The molecule has 0 bridgehead atoms. The predicted molar refractivity (Wildman–Crippen MR) is 86.8 cm³/mol. The summed E-state index contributed by atoms with van der Waals surface area (Å²) in [6, 6.07) is 0.241. The molecule has 4 rings (SSSR count). The van der Waals surface area contributed by atoms with E-state index in [0.717, 1.165) is 12.8 Å². The zero-order valence-electron chi connectivity index (χ0n) is 13.1. The Kier molecular flexibility index (Phi) is 3.69. The van der Waals surface area contributed by atoms with Crippen LogP contribution in [0.15, 0.2) is 16.0 Å². The van der Waals surface area contributed by atoms with Crippen LogP contribution in [0.1, 0.15) is 18.5 Å². The second kappa shape index (κ2) is 6.02. The quantitative estimate of drug-likeness (QED) is 0.353. The van der Waals surface area contributed by atoms with Crippen molar-refractivity contribution in [1.29, 1.82) is 0 Å². The zero-order valence-corrected chi connectivity index (χ0v) is 13.1. The molecule has 3 aromatic heterocycles. The predicted octanol–water partition coefficient (Wildman–Crippen LogP) is -2.14. The first-order chi connectivity index (χ1) is 12.1. The Labute approximate surface area is 139 Å². The molecule has 5 N–H and O–H groups in total. The maximum Gasteiger partial charge on any atom is 0.326 e. The first kappa shape index (κ1) is 15.3. The fourth-order valence-electron chi connectivity index (χ4n) is 2.33. The molecule has 130 valence electrons. The number of aliphatic hydroxyl groups excluding tert-OH is 1. The van der Waals surface area contributed by atoms with E-state index >= 15 is 0 Å². The third-order valence-corrected chi connectivity index (χ3v) is 3.65. The normalized spacial score (nSPS) is 16.0. The molecule has 25 heavy (non-hydrogen) atoms. The van der Waals surface area contributed by atoms with Gasteiger partial charge in [0.05, 0.1) is 18.8 Å². The third-order valence-electron chi connectivity index (χ3n) is 3.65.